The van der Waals surface area contributed by atoms with Gasteiger partial charge in [0.25, 0.3) is 0 Å². The highest BCUT2D eigenvalue weighted by atomic mass is 19.1. The Hall–Kier alpha value is -1.35. The van der Waals surface area contributed by atoms with E-state index in [-0.39, 0.29) is 5.75 Å². The molecule has 2 nitrogen and oxygen atoms in total. The van der Waals surface area contributed by atoms with E-state index in [4.69, 9.17) is 5.73 Å². The highest BCUT2D eigenvalue weighted by Crippen LogP contribution is 2.25. The van der Waals surface area contributed by atoms with E-state index < -0.39 is 5.82 Å². The van der Waals surface area contributed by atoms with Crippen molar-refractivity contribution < 1.29 is 9.50 Å². The molecule has 1 aromatic rings. The summed E-state index contributed by atoms with van der Waals surface area (Å²) in [7, 11) is 0. The number of aryl methyl sites for hydroxylation is 1. The molecule has 0 saturated heterocycles. The van der Waals surface area contributed by atoms with Crippen LogP contribution in [0.25, 0.3) is 6.08 Å². The number of phenolic OH excluding ortho intramolecular Hbond substituents is 1. The predicted molar refractivity (Wildman–Crippen MR) is 50.9 cm³/mol. The number of nitrogens with two attached hydrogens (primary N) is 1. The molecule has 1 aromatic carbocycles. The lowest BCUT2D eigenvalue weighted by Crippen LogP contribution is -1.93. The summed E-state index contributed by atoms with van der Waals surface area (Å²) in [6.07, 6.45) is 3.29. The van der Waals surface area contributed by atoms with Gasteiger partial charge in [-0.05, 0) is 18.6 Å². The maximum absolute atomic E-state index is 12.9. The van der Waals surface area contributed by atoms with Gasteiger partial charge < -0.3 is 10.8 Å². The second-order valence-corrected chi connectivity index (χ2v) is 2.76. The average molecular weight is 181 g/mol. The van der Waals surface area contributed by atoms with Crippen LogP contribution in [-0.4, -0.2) is 11.7 Å². The third-order valence-corrected chi connectivity index (χ3v) is 1.81. The molecule has 3 N–H and O–H groups in total. The van der Waals surface area contributed by atoms with E-state index in [0.717, 1.165) is 5.56 Å². The molecule has 0 amide bonds. The summed E-state index contributed by atoms with van der Waals surface area (Å²) in [4.78, 5) is 0. The average Bonchev–Trinajstić information content (AvgIpc) is 2.12. The molecule has 0 aromatic heterocycles. The molecule has 0 saturated carbocycles. The first-order chi connectivity index (χ1) is 6.16. The van der Waals surface area contributed by atoms with Gasteiger partial charge in [-0.25, -0.2) is 4.39 Å². The Labute approximate surface area is 76.5 Å². The van der Waals surface area contributed by atoms with Gasteiger partial charge in [0.05, 0.1) is 0 Å². The lowest BCUT2D eigenvalue weighted by molar-refractivity contribution is 0.430. The summed E-state index contributed by atoms with van der Waals surface area (Å²) >= 11 is 0. The first kappa shape index (κ1) is 9.74. The van der Waals surface area contributed by atoms with Crippen LogP contribution in [-0.2, 0) is 0 Å². The van der Waals surface area contributed by atoms with Crippen LogP contribution in [0.15, 0.2) is 18.2 Å². The normalized spacial score (nSPS) is 11.0. The summed E-state index contributed by atoms with van der Waals surface area (Å²) in [6, 6.07) is 2.86. The summed E-state index contributed by atoms with van der Waals surface area (Å²) in [5.74, 6) is -0.924. The largest absolute Gasteiger partial charge is 0.504 e. The van der Waals surface area contributed by atoms with Crippen molar-refractivity contribution in [3.05, 3.63) is 35.2 Å². The summed E-state index contributed by atoms with van der Waals surface area (Å²) in [6.45, 7) is 2.17. The predicted octanol–water partition coefficient (Wildman–Crippen LogP) is 1.81. The fourth-order valence-electron chi connectivity index (χ4n) is 1.08. The van der Waals surface area contributed by atoms with Gasteiger partial charge in [-0.15, -0.1) is 0 Å². The molecule has 0 spiro atoms. The van der Waals surface area contributed by atoms with Crippen molar-refractivity contribution in [2.75, 3.05) is 6.54 Å². The van der Waals surface area contributed by atoms with Crippen LogP contribution in [0.1, 0.15) is 11.1 Å². The maximum atomic E-state index is 12.9. The van der Waals surface area contributed by atoms with Crippen molar-refractivity contribution in [1.82, 2.24) is 0 Å². The third kappa shape index (κ3) is 2.06. The molecule has 1 rings (SSSR count). The Morgan fingerprint density at radius 1 is 1.54 bits per heavy atom. The smallest absolute Gasteiger partial charge is 0.165 e. The Bertz CT molecular complexity index is 334. The van der Waals surface area contributed by atoms with Crippen molar-refractivity contribution in [3.8, 4) is 5.75 Å². The van der Waals surface area contributed by atoms with Gasteiger partial charge in [-0.2, -0.15) is 0 Å². The first-order valence-corrected chi connectivity index (χ1v) is 4.01. The van der Waals surface area contributed by atoms with Crippen LogP contribution in [0.3, 0.4) is 0 Å². The second-order valence-electron chi connectivity index (χ2n) is 2.76. The molecule has 0 aliphatic carbocycles. The molecule has 70 valence electrons. The number of hydrogen-bond acceptors (Lipinski definition) is 2. The van der Waals surface area contributed by atoms with E-state index in [1.54, 1.807) is 25.1 Å². The third-order valence-electron chi connectivity index (χ3n) is 1.81. The fraction of sp³-hybridized carbons (Fsp3) is 0.200. The molecule has 0 bridgehead atoms. The summed E-state index contributed by atoms with van der Waals surface area (Å²) < 4.78 is 12.9. The van der Waals surface area contributed by atoms with E-state index in [1.807, 2.05) is 0 Å². The van der Waals surface area contributed by atoms with Crippen LogP contribution in [0.5, 0.6) is 5.75 Å². The molecule has 0 fully saturated rings. The van der Waals surface area contributed by atoms with Gasteiger partial charge in [-0.3, -0.25) is 0 Å². The Balaban J connectivity index is 3.17. The van der Waals surface area contributed by atoms with Gasteiger partial charge >= 0.3 is 0 Å². The van der Waals surface area contributed by atoms with E-state index in [2.05, 4.69) is 0 Å². The summed E-state index contributed by atoms with van der Waals surface area (Å²) in [5.41, 5.74) is 6.57. The molecule has 13 heavy (non-hydrogen) atoms. The molecule has 0 unspecified atom stereocenters. The molecule has 0 heterocycles. The van der Waals surface area contributed by atoms with Gasteiger partial charge in [0, 0.05) is 12.1 Å². The zero-order valence-electron chi connectivity index (χ0n) is 7.42. The van der Waals surface area contributed by atoms with Crippen molar-refractivity contribution in [2.45, 2.75) is 6.92 Å². The van der Waals surface area contributed by atoms with E-state index in [9.17, 15) is 9.50 Å². The van der Waals surface area contributed by atoms with Crippen molar-refractivity contribution in [3.63, 3.8) is 0 Å². The van der Waals surface area contributed by atoms with Crippen molar-refractivity contribution >= 4 is 6.08 Å². The first-order valence-electron chi connectivity index (χ1n) is 4.01. The fourth-order valence-corrected chi connectivity index (χ4v) is 1.08. The number of phenols is 1. The van der Waals surface area contributed by atoms with Gasteiger partial charge in [0.2, 0.25) is 0 Å². The number of rotatable bonds is 2. The lowest BCUT2D eigenvalue weighted by atomic mass is 10.1. The maximum Gasteiger partial charge on any atom is 0.165 e. The second kappa shape index (κ2) is 4.05. The molecular formula is C10H12FNO. The Morgan fingerprint density at radius 2 is 2.23 bits per heavy atom. The monoisotopic (exact) mass is 181 g/mol. The minimum absolute atomic E-state index is 0.315. The SMILES string of the molecule is Cc1ccc(F)c(O)c1/C=C/CN. The Morgan fingerprint density at radius 3 is 2.85 bits per heavy atom. The van der Waals surface area contributed by atoms with E-state index >= 15 is 0 Å². The van der Waals surface area contributed by atoms with Crippen molar-refractivity contribution in [2.24, 2.45) is 5.73 Å². The van der Waals surface area contributed by atoms with E-state index in [1.165, 1.54) is 6.07 Å². The van der Waals surface area contributed by atoms with Crippen LogP contribution in [0.4, 0.5) is 4.39 Å². The van der Waals surface area contributed by atoms with Crippen molar-refractivity contribution in [1.29, 1.82) is 0 Å². The van der Waals surface area contributed by atoms with E-state index in [0.29, 0.717) is 12.1 Å². The highest BCUT2D eigenvalue weighted by Gasteiger charge is 2.06. The molecule has 0 aliphatic heterocycles. The number of aromatic hydroxyl groups is 1. The quantitative estimate of drug-likeness (QED) is 0.730. The highest BCUT2D eigenvalue weighted by molar-refractivity contribution is 5.60. The molecule has 3 heteroatoms. The molecular weight excluding hydrogens is 169 g/mol. The molecule has 0 radical (unpaired) electrons. The minimum Gasteiger partial charge on any atom is -0.504 e. The standard InChI is InChI=1S/C10H12FNO/c1-7-4-5-9(11)10(13)8(7)3-2-6-12/h2-5,13H,6,12H2,1H3/b3-2+. The van der Waals surface area contributed by atoms with Gasteiger partial charge in [0.15, 0.2) is 11.6 Å². The zero-order valence-corrected chi connectivity index (χ0v) is 7.42. The number of hydrogen-bond donors (Lipinski definition) is 2. The summed E-state index contributed by atoms with van der Waals surface area (Å²) in [5, 5.41) is 9.34. The topological polar surface area (TPSA) is 46.2 Å². The number of benzene rings is 1. The van der Waals surface area contributed by atoms with Crippen LogP contribution < -0.4 is 5.73 Å². The van der Waals surface area contributed by atoms with Crippen LogP contribution in [0.2, 0.25) is 0 Å². The molecule has 0 atom stereocenters. The zero-order chi connectivity index (χ0) is 9.84. The van der Waals surface area contributed by atoms with Gasteiger partial charge in [-0.1, -0.05) is 18.2 Å². The Kier molecular flexibility index (Phi) is 3.03. The van der Waals surface area contributed by atoms with Crippen LogP contribution in [0, 0.1) is 12.7 Å². The van der Waals surface area contributed by atoms with Crippen LogP contribution >= 0.6 is 0 Å². The molecule has 0 aliphatic rings. The lowest BCUT2D eigenvalue weighted by Gasteiger charge is -2.03. The minimum atomic E-state index is -0.609. The number of halogens is 1. The van der Waals surface area contributed by atoms with Gasteiger partial charge in [0.1, 0.15) is 0 Å².